The summed E-state index contributed by atoms with van der Waals surface area (Å²) in [4.78, 5) is 10.6. The summed E-state index contributed by atoms with van der Waals surface area (Å²) < 4.78 is 35.7. The summed E-state index contributed by atoms with van der Waals surface area (Å²) in [6.07, 6.45) is 0.150. The lowest BCUT2D eigenvalue weighted by atomic mass is 9.96. The molecule has 1 unspecified atom stereocenters. The van der Waals surface area contributed by atoms with Crippen molar-refractivity contribution in [2.24, 2.45) is 5.10 Å². The monoisotopic (exact) mass is 542 g/mol. The van der Waals surface area contributed by atoms with Gasteiger partial charge in [-0.05, 0) is 49.2 Å². The van der Waals surface area contributed by atoms with Crippen molar-refractivity contribution in [3.05, 3.63) is 123 Å². The van der Waals surface area contributed by atoms with Gasteiger partial charge in [-0.25, -0.2) is 8.42 Å². The van der Waals surface area contributed by atoms with Gasteiger partial charge in [0.25, 0.3) is 15.7 Å². The molecule has 1 heterocycles. The molecule has 2 N–H and O–H groups in total. The molecule has 4 aromatic rings. The van der Waals surface area contributed by atoms with Crippen LogP contribution in [0, 0.1) is 24.0 Å². The molecule has 0 aliphatic carbocycles. The first kappa shape index (κ1) is 25.9. The van der Waals surface area contributed by atoms with E-state index in [1.807, 2.05) is 67.6 Å². The van der Waals surface area contributed by atoms with Gasteiger partial charge in [-0.15, -0.1) is 0 Å². The predicted molar refractivity (Wildman–Crippen MR) is 151 cm³/mol. The molecule has 1 aliphatic heterocycles. The van der Waals surface area contributed by atoms with Crippen molar-refractivity contribution < 1.29 is 18.1 Å². The topological polar surface area (TPSA) is 123 Å². The molecule has 0 spiro atoms. The molecule has 0 bridgehead atoms. The number of nitrogens with one attached hydrogen (secondary N) is 2. The fraction of sp³-hybridized carbons (Fsp3) is 0.138. The van der Waals surface area contributed by atoms with Gasteiger partial charge < -0.3 is 4.74 Å². The Kier molecular flexibility index (Phi) is 7.03. The van der Waals surface area contributed by atoms with E-state index in [0.29, 0.717) is 23.6 Å². The van der Waals surface area contributed by atoms with Gasteiger partial charge in [0.1, 0.15) is 16.7 Å². The summed E-state index contributed by atoms with van der Waals surface area (Å²) in [5, 5.41) is 16.1. The van der Waals surface area contributed by atoms with Crippen LogP contribution in [0.15, 0.2) is 101 Å². The number of rotatable bonds is 7. The van der Waals surface area contributed by atoms with Crippen LogP contribution in [0.4, 0.5) is 17.1 Å². The van der Waals surface area contributed by atoms with Crippen LogP contribution < -0.4 is 14.9 Å². The number of nitro benzene ring substituents is 1. The van der Waals surface area contributed by atoms with E-state index in [-0.39, 0.29) is 22.4 Å². The van der Waals surface area contributed by atoms with Crippen LogP contribution >= 0.6 is 0 Å². The molecule has 0 saturated carbocycles. The van der Waals surface area contributed by atoms with E-state index in [1.54, 1.807) is 19.1 Å². The number of nitrogens with zero attached hydrogens (tertiary/aromatic N) is 2. The van der Waals surface area contributed by atoms with Crippen LogP contribution in [-0.4, -0.2) is 19.1 Å². The Hall–Kier alpha value is -4.70. The number of nitro groups is 1. The highest BCUT2D eigenvalue weighted by molar-refractivity contribution is 7.92. The van der Waals surface area contributed by atoms with Crippen molar-refractivity contribution in [3.63, 3.8) is 0 Å². The van der Waals surface area contributed by atoms with E-state index in [9.17, 15) is 18.5 Å². The molecule has 198 valence electrons. The predicted octanol–water partition coefficient (Wildman–Crippen LogP) is 6.35. The van der Waals surface area contributed by atoms with Crippen LogP contribution in [0.2, 0.25) is 0 Å². The highest BCUT2D eigenvalue weighted by atomic mass is 32.2. The lowest BCUT2D eigenvalue weighted by Gasteiger charge is -2.27. The fourth-order valence-electron chi connectivity index (χ4n) is 4.44. The van der Waals surface area contributed by atoms with E-state index in [0.717, 1.165) is 28.3 Å². The third-order valence-corrected chi connectivity index (χ3v) is 7.83. The molecule has 10 heteroatoms. The Morgan fingerprint density at radius 3 is 2.38 bits per heavy atom. The number of benzene rings is 4. The van der Waals surface area contributed by atoms with Gasteiger partial charge in [0, 0.05) is 24.1 Å². The molecule has 9 nitrogen and oxygen atoms in total. The third-order valence-electron chi connectivity index (χ3n) is 6.42. The molecular weight excluding hydrogens is 516 g/mol. The second-order valence-electron chi connectivity index (χ2n) is 9.25. The summed E-state index contributed by atoms with van der Waals surface area (Å²) in [6.45, 7) is 3.69. The number of ether oxygens (including phenoxy) is 1. The SMILES string of the molecule is Cc1ccc(NS(=O)(=O)c2cc([N+](=O)[O-])ccc2N/N=C2/CC(c3ccccc3)Oc3ccccc32)c(C)c1. The number of hydrogen-bond acceptors (Lipinski definition) is 7. The number of para-hydroxylation sites is 1. The molecule has 1 aliphatic rings. The van der Waals surface area contributed by atoms with Crippen molar-refractivity contribution in [1.82, 2.24) is 0 Å². The average Bonchev–Trinajstić information content (AvgIpc) is 2.93. The molecule has 1 atom stereocenters. The first-order chi connectivity index (χ1) is 18.7. The zero-order valence-corrected chi connectivity index (χ0v) is 22.1. The minimum atomic E-state index is -4.21. The number of aryl methyl sites for hydroxylation is 2. The second-order valence-corrected chi connectivity index (χ2v) is 10.9. The number of anilines is 2. The van der Waals surface area contributed by atoms with E-state index in [4.69, 9.17) is 4.74 Å². The van der Waals surface area contributed by atoms with Crippen molar-refractivity contribution in [2.75, 3.05) is 10.1 Å². The van der Waals surface area contributed by atoms with Crippen LogP contribution in [-0.2, 0) is 10.0 Å². The molecular formula is C29H26N4O5S. The van der Waals surface area contributed by atoms with Crippen LogP contribution in [0.3, 0.4) is 0 Å². The first-order valence-corrected chi connectivity index (χ1v) is 13.7. The average molecular weight is 543 g/mol. The van der Waals surface area contributed by atoms with E-state index < -0.39 is 14.9 Å². The Balaban J connectivity index is 1.52. The van der Waals surface area contributed by atoms with Gasteiger partial charge in [-0.1, -0.05) is 60.2 Å². The fourth-order valence-corrected chi connectivity index (χ4v) is 5.75. The standard InChI is InChI=1S/C29H26N4O5S/c1-19-12-14-24(20(2)16-19)32-39(36,37)29-17-22(33(34)35)13-15-25(29)30-31-26-18-28(21-8-4-3-5-9-21)38-27-11-7-6-10-23(26)27/h3-17,28,30,32H,18H2,1-2H3/b31-26-. The Labute approximate surface area is 226 Å². The van der Waals surface area contributed by atoms with Crippen molar-refractivity contribution in [2.45, 2.75) is 31.3 Å². The molecule has 4 aromatic carbocycles. The second kappa shape index (κ2) is 10.6. The normalized spacial score (nSPS) is 15.7. The third kappa shape index (κ3) is 5.60. The lowest BCUT2D eigenvalue weighted by Crippen LogP contribution is -2.22. The summed E-state index contributed by atoms with van der Waals surface area (Å²) in [5.41, 5.74) is 7.13. The minimum absolute atomic E-state index is 0.102. The van der Waals surface area contributed by atoms with E-state index in [2.05, 4.69) is 15.2 Å². The summed E-state index contributed by atoms with van der Waals surface area (Å²) in [6, 6.07) is 26.1. The molecule has 39 heavy (non-hydrogen) atoms. The van der Waals surface area contributed by atoms with Crippen LogP contribution in [0.5, 0.6) is 5.75 Å². The maximum absolute atomic E-state index is 13.5. The maximum Gasteiger partial charge on any atom is 0.270 e. The highest BCUT2D eigenvalue weighted by Crippen LogP contribution is 2.36. The number of non-ortho nitro benzene ring substituents is 1. The summed E-state index contributed by atoms with van der Waals surface area (Å²) in [5.74, 6) is 0.659. The smallest absolute Gasteiger partial charge is 0.270 e. The quantitative estimate of drug-likeness (QED) is 0.207. The van der Waals surface area contributed by atoms with Crippen LogP contribution in [0.25, 0.3) is 0 Å². The van der Waals surface area contributed by atoms with E-state index in [1.165, 1.54) is 12.1 Å². The van der Waals surface area contributed by atoms with Gasteiger partial charge in [0.15, 0.2) is 0 Å². The number of sulfonamides is 1. The molecule has 0 fully saturated rings. The van der Waals surface area contributed by atoms with Gasteiger partial charge in [0.05, 0.1) is 22.0 Å². The van der Waals surface area contributed by atoms with Gasteiger partial charge in [-0.3, -0.25) is 20.3 Å². The van der Waals surface area contributed by atoms with Gasteiger partial charge in [0.2, 0.25) is 0 Å². The Morgan fingerprint density at radius 2 is 1.64 bits per heavy atom. The Morgan fingerprint density at radius 1 is 0.923 bits per heavy atom. The lowest BCUT2D eigenvalue weighted by molar-refractivity contribution is -0.385. The highest BCUT2D eigenvalue weighted by Gasteiger charge is 2.27. The van der Waals surface area contributed by atoms with Crippen molar-refractivity contribution in [3.8, 4) is 5.75 Å². The minimum Gasteiger partial charge on any atom is -0.485 e. The van der Waals surface area contributed by atoms with Crippen LogP contribution in [0.1, 0.15) is 34.8 Å². The largest absolute Gasteiger partial charge is 0.485 e. The summed E-state index contributed by atoms with van der Waals surface area (Å²) in [7, 11) is -4.21. The molecule has 0 aromatic heterocycles. The van der Waals surface area contributed by atoms with Crippen molar-refractivity contribution in [1.29, 1.82) is 0 Å². The maximum atomic E-state index is 13.5. The first-order valence-electron chi connectivity index (χ1n) is 12.2. The zero-order chi connectivity index (χ0) is 27.6. The number of hydrogen-bond donors (Lipinski definition) is 2. The molecule has 0 radical (unpaired) electrons. The number of fused-ring (bicyclic) bond motifs is 1. The summed E-state index contributed by atoms with van der Waals surface area (Å²) >= 11 is 0. The van der Waals surface area contributed by atoms with Gasteiger partial charge in [-0.2, -0.15) is 5.10 Å². The van der Waals surface area contributed by atoms with Gasteiger partial charge >= 0.3 is 0 Å². The molecule has 0 amide bonds. The van der Waals surface area contributed by atoms with E-state index >= 15 is 0 Å². The molecule has 5 rings (SSSR count). The molecule has 0 saturated heterocycles. The Bertz CT molecular complexity index is 1690. The number of hydrazone groups is 1. The zero-order valence-electron chi connectivity index (χ0n) is 21.3. The van der Waals surface area contributed by atoms with Crippen molar-refractivity contribution >= 4 is 32.8 Å².